The molecule has 0 radical (unpaired) electrons. The Kier molecular flexibility index (Phi) is 9.04. The number of aliphatic imine (C=N–C) groups is 1. The van der Waals surface area contributed by atoms with Gasteiger partial charge in [0, 0.05) is 52.3 Å². The van der Waals surface area contributed by atoms with Crippen molar-refractivity contribution in [1.82, 2.24) is 20.9 Å². The van der Waals surface area contributed by atoms with Crippen molar-refractivity contribution in [2.24, 2.45) is 10.4 Å². The van der Waals surface area contributed by atoms with Crippen LogP contribution >= 0.6 is 0 Å². The molecule has 1 aromatic heterocycles. The van der Waals surface area contributed by atoms with Gasteiger partial charge >= 0.3 is 0 Å². The molecule has 0 spiro atoms. The SMILES string of the molecule is CCOCCC1(CNC(=NC)NCCNC(=O)c2cccnc2)CCCC1. The highest BCUT2D eigenvalue weighted by Crippen LogP contribution is 2.40. The fraction of sp³-hybridized carbons (Fsp3) is 0.650. The zero-order valence-corrected chi connectivity index (χ0v) is 16.6. The van der Waals surface area contributed by atoms with Crippen LogP contribution in [0.15, 0.2) is 29.5 Å². The van der Waals surface area contributed by atoms with Crippen LogP contribution in [-0.2, 0) is 4.74 Å². The highest BCUT2D eigenvalue weighted by molar-refractivity contribution is 5.93. The minimum Gasteiger partial charge on any atom is -0.382 e. The van der Waals surface area contributed by atoms with Crippen molar-refractivity contribution in [3.8, 4) is 0 Å². The Morgan fingerprint density at radius 2 is 2.04 bits per heavy atom. The second-order valence-electron chi connectivity index (χ2n) is 7.00. The van der Waals surface area contributed by atoms with Gasteiger partial charge < -0.3 is 20.7 Å². The van der Waals surface area contributed by atoms with Crippen LogP contribution in [0.5, 0.6) is 0 Å². The third-order valence-electron chi connectivity index (χ3n) is 5.13. The molecule has 0 aliphatic heterocycles. The van der Waals surface area contributed by atoms with Crippen LogP contribution in [0.2, 0.25) is 0 Å². The molecule has 7 nitrogen and oxygen atoms in total. The Labute approximate surface area is 162 Å². The summed E-state index contributed by atoms with van der Waals surface area (Å²) in [5.41, 5.74) is 0.874. The minimum absolute atomic E-state index is 0.117. The third kappa shape index (κ3) is 7.17. The van der Waals surface area contributed by atoms with Crippen LogP contribution < -0.4 is 16.0 Å². The highest BCUT2D eigenvalue weighted by atomic mass is 16.5. The van der Waals surface area contributed by atoms with Crippen LogP contribution in [0.3, 0.4) is 0 Å². The van der Waals surface area contributed by atoms with Crippen molar-refractivity contribution in [3.05, 3.63) is 30.1 Å². The molecule has 1 fully saturated rings. The number of rotatable bonds is 10. The molecule has 0 unspecified atom stereocenters. The van der Waals surface area contributed by atoms with E-state index in [-0.39, 0.29) is 5.91 Å². The van der Waals surface area contributed by atoms with E-state index in [1.165, 1.54) is 25.7 Å². The standard InChI is InChI=1S/C20H33N5O2/c1-3-27-14-10-20(8-4-5-9-20)16-25-19(21-2)24-13-12-23-18(26)17-7-6-11-22-15-17/h6-7,11,15H,3-5,8-10,12-14,16H2,1-2H3,(H,23,26)(H2,21,24,25). The van der Waals surface area contributed by atoms with Gasteiger partial charge in [-0.2, -0.15) is 0 Å². The van der Waals surface area contributed by atoms with Gasteiger partial charge in [0.25, 0.3) is 5.91 Å². The zero-order chi connectivity index (χ0) is 19.4. The predicted octanol–water partition coefficient (Wildman–Crippen LogP) is 1.96. The Morgan fingerprint density at radius 1 is 1.26 bits per heavy atom. The lowest BCUT2D eigenvalue weighted by Gasteiger charge is -2.30. The van der Waals surface area contributed by atoms with E-state index in [4.69, 9.17) is 4.74 Å². The van der Waals surface area contributed by atoms with Crippen molar-refractivity contribution in [2.75, 3.05) is 39.9 Å². The van der Waals surface area contributed by atoms with Crippen molar-refractivity contribution in [2.45, 2.75) is 39.0 Å². The van der Waals surface area contributed by atoms with Crippen LogP contribution in [0.1, 0.15) is 49.4 Å². The summed E-state index contributed by atoms with van der Waals surface area (Å²) in [4.78, 5) is 20.2. The number of nitrogens with one attached hydrogen (secondary N) is 3. The zero-order valence-electron chi connectivity index (χ0n) is 16.6. The number of nitrogens with zero attached hydrogens (tertiary/aromatic N) is 2. The molecular formula is C20H33N5O2. The molecular weight excluding hydrogens is 342 g/mol. The molecule has 150 valence electrons. The van der Waals surface area contributed by atoms with Crippen LogP contribution in [-0.4, -0.2) is 56.7 Å². The maximum Gasteiger partial charge on any atom is 0.252 e. The molecule has 3 N–H and O–H groups in total. The van der Waals surface area contributed by atoms with E-state index in [0.717, 1.165) is 32.1 Å². The first-order chi connectivity index (χ1) is 13.2. The van der Waals surface area contributed by atoms with Gasteiger partial charge in [-0.1, -0.05) is 12.8 Å². The Hall–Kier alpha value is -2.15. The number of guanidine groups is 1. The van der Waals surface area contributed by atoms with E-state index in [9.17, 15) is 4.79 Å². The lowest BCUT2D eigenvalue weighted by atomic mass is 9.83. The van der Waals surface area contributed by atoms with Crippen molar-refractivity contribution in [1.29, 1.82) is 0 Å². The first-order valence-corrected chi connectivity index (χ1v) is 9.89. The lowest BCUT2D eigenvalue weighted by Crippen LogP contribution is -2.45. The quantitative estimate of drug-likeness (QED) is 0.331. The maximum atomic E-state index is 12.0. The first-order valence-electron chi connectivity index (χ1n) is 9.89. The van der Waals surface area contributed by atoms with Gasteiger partial charge in [0.15, 0.2) is 5.96 Å². The van der Waals surface area contributed by atoms with Gasteiger partial charge in [0.1, 0.15) is 0 Å². The van der Waals surface area contributed by atoms with Crippen LogP contribution in [0.25, 0.3) is 0 Å². The minimum atomic E-state index is -0.117. The normalized spacial score (nSPS) is 16.1. The number of aromatic nitrogens is 1. The van der Waals surface area contributed by atoms with E-state index < -0.39 is 0 Å². The summed E-state index contributed by atoms with van der Waals surface area (Å²) >= 11 is 0. The molecule has 0 bridgehead atoms. The van der Waals surface area contributed by atoms with Crippen molar-refractivity contribution < 1.29 is 9.53 Å². The third-order valence-corrected chi connectivity index (χ3v) is 5.13. The largest absolute Gasteiger partial charge is 0.382 e. The Balaban J connectivity index is 1.69. The van der Waals surface area contributed by atoms with Crippen molar-refractivity contribution in [3.63, 3.8) is 0 Å². The Morgan fingerprint density at radius 3 is 2.70 bits per heavy atom. The van der Waals surface area contributed by atoms with Crippen LogP contribution in [0, 0.1) is 5.41 Å². The number of carbonyl (C=O) groups excluding carboxylic acids is 1. The van der Waals surface area contributed by atoms with Gasteiger partial charge in [-0.3, -0.25) is 14.8 Å². The number of amides is 1. The van der Waals surface area contributed by atoms with E-state index in [1.54, 1.807) is 31.6 Å². The van der Waals surface area contributed by atoms with Gasteiger partial charge in [-0.15, -0.1) is 0 Å². The molecule has 0 aromatic carbocycles. The summed E-state index contributed by atoms with van der Waals surface area (Å²) < 4.78 is 5.57. The first kappa shape index (κ1) is 21.2. The molecule has 7 heteroatoms. The second-order valence-corrected chi connectivity index (χ2v) is 7.00. The van der Waals surface area contributed by atoms with Gasteiger partial charge in [-0.25, -0.2) is 0 Å². The molecule has 2 rings (SSSR count). The molecule has 1 amide bonds. The molecule has 1 aliphatic rings. The molecule has 1 saturated carbocycles. The average Bonchev–Trinajstić information content (AvgIpc) is 3.17. The number of pyridine rings is 1. The van der Waals surface area contributed by atoms with E-state index in [2.05, 4.69) is 25.9 Å². The van der Waals surface area contributed by atoms with E-state index >= 15 is 0 Å². The summed E-state index contributed by atoms with van der Waals surface area (Å²) in [5, 5.41) is 9.60. The second kappa shape index (κ2) is 11.5. The summed E-state index contributed by atoms with van der Waals surface area (Å²) in [7, 11) is 1.77. The average molecular weight is 376 g/mol. The van der Waals surface area contributed by atoms with Gasteiger partial charge in [-0.05, 0) is 43.7 Å². The van der Waals surface area contributed by atoms with Gasteiger partial charge in [0.05, 0.1) is 5.56 Å². The van der Waals surface area contributed by atoms with E-state index in [1.807, 2.05) is 6.92 Å². The van der Waals surface area contributed by atoms with Crippen molar-refractivity contribution >= 4 is 11.9 Å². The number of carbonyl (C=O) groups is 1. The highest BCUT2D eigenvalue weighted by Gasteiger charge is 2.33. The lowest BCUT2D eigenvalue weighted by molar-refractivity contribution is 0.0954. The maximum absolute atomic E-state index is 12.0. The number of hydrogen-bond acceptors (Lipinski definition) is 4. The molecule has 0 atom stereocenters. The summed E-state index contributed by atoms with van der Waals surface area (Å²) in [6.07, 6.45) is 9.37. The van der Waals surface area contributed by atoms with E-state index in [0.29, 0.717) is 24.1 Å². The number of hydrogen-bond donors (Lipinski definition) is 3. The molecule has 1 aromatic rings. The molecule has 0 saturated heterocycles. The predicted molar refractivity (Wildman–Crippen MR) is 108 cm³/mol. The smallest absolute Gasteiger partial charge is 0.252 e. The topological polar surface area (TPSA) is 87.6 Å². The molecule has 27 heavy (non-hydrogen) atoms. The molecule has 1 aliphatic carbocycles. The fourth-order valence-corrected chi connectivity index (χ4v) is 3.52. The van der Waals surface area contributed by atoms with Crippen LogP contribution in [0.4, 0.5) is 0 Å². The van der Waals surface area contributed by atoms with Gasteiger partial charge in [0.2, 0.25) is 0 Å². The summed E-state index contributed by atoms with van der Waals surface area (Å²) in [5.74, 6) is 0.655. The monoisotopic (exact) mass is 375 g/mol. The summed E-state index contributed by atoms with van der Waals surface area (Å²) in [6.45, 7) is 5.67. The Bertz CT molecular complexity index is 585. The number of ether oxygens (including phenoxy) is 1. The summed E-state index contributed by atoms with van der Waals surface area (Å²) in [6, 6.07) is 3.50. The molecule has 1 heterocycles. The fourth-order valence-electron chi connectivity index (χ4n) is 3.52.